The van der Waals surface area contributed by atoms with Crippen LogP contribution in [-0.4, -0.2) is 18.6 Å². The summed E-state index contributed by atoms with van der Waals surface area (Å²) in [6.07, 6.45) is 1.82. The van der Waals surface area contributed by atoms with Gasteiger partial charge in [0, 0.05) is 23.4 Å². The Kier molecular flexibility index (Phi) is 3.74. The second-order valence-corrected chi connectivity index (χ2v) is 5.91. The Morgan fingerprint density at radius 1 is 1.45 bits per heavy atom. The van der Waals surface area contributed by atoms with Gasteiger partial charge in [0.15, 0.2) is 0 Å². The van der Waals surface area contributed by atoms with E-state index in [-0.39, 0.29) is 11.9 Å². The standard InChI is InChI=1S/C16H17NO2S/c1-11(17-16(18)14-5-7-20-10-14)8-12-2-3-15-13(9-12)4-6-19-15/h2-3,5,7,9-11H,4,6,8H2,1H3,(H,17,18). The second kappa shape index (κ2) is 5.67. The highest BCUT2D eigenvalue weighted by Gasteiger charge is 2.14. The molecule has 1 amide bonds. The minimum atomic E-state index is 0.00300. The SMILES string of the molecule is CC(Cc1ccc2c(c1)CCO2)NC(=O)c1ccsc1. The van der Waals surface area contributed by atoms with E-state index in [2.05, 4.69) is 17.4 Å². The van der Waals surface area contributed by atoms with Crippen LogP contribution in [0, 0.1) is 0 Å². The van der Waals surface area contributed by atoms with Crippen LogP contribution in [0.1, 0.15) is 28.4 Å². The van der Waals surface area contributed by atoms with Crippen LogP contribution >= 0.6 is 11.3 Å². The van der Waals surface area contributed by atoms with E-state index in [1.54, 1.807) is 0 Å². The molecule has 20 heavy (non-hydrogen) atoms. The Bertz CT molecular complexity index is 607. The third-order valence-corrected chi connectivity index (χ3v) is 4.14. The molecule has 0 saturated heterocycles. The van der Waals surface area contributed by atoms with Crippen molar-refractivity contribution in [3.63, 3.8) is 0 Å². The maximum absolute atomic E-state index is 12.0. The molecule has 104 valence electrons. The number of carbonyl (C=O) groups is 1. The predicted octanol–water partition coefficient (Wildman–Crippen LogP) is 3.04. The van der Waals surface area contributed by atoms with E-state index in [0.29, 0.717) is 0 Å². The van der Waals surface area contributed by atoms with Crippen LogP contribution in [-0.2, 0) is 12.8 Å². The van der Waals surface area contributed by atoms with Gasteiger partial charge in [-0.25, -0.2) is 0 Å². The van der Waals surface area contributed by atoms with Crippen LogP contribution in [0.15, 0.2) is 35.0 Å². The fraction of sp³-hybridized carbons (Fsp3) is 0.312. The van der Waals surface area contributed by atoms with Crippen molar-refractivity contribution in [3.05, 3.63) is 51.7 Å². The first-order chi connectivity index (χ1) is 9.72. The summed E-state index contributed by atoms with van der Waals surface area (Å²) in [6, 6.07) is 8.26. The van der Waals surface area contributed by atoms with Gasteiger partial charge in [0.05, 0.1) is 6.61 Å². The Morgan fingerprint density at radius 3 is 3.15 bits per heavy atom. The normalized spacial score (nSPS) is 14.4. The molecular formula is C16H17NO2S. The number of nitrogens with one attached hydrogen (secondary N) is 1. The average Bonchev–Trinajstić information content (AvgIpc) is 3.09. The number of hydrogen-bond acceptors (Lipinski definition) is 3. The molecule has 0 aliphatic carbocycles. The minimum absolute atomic E-state index is 0.00300. The summed E-state index contributed by atoms with van der Waals surface area (Å²) < 4.78 is 5.50. The quantitative estimate of drug-likeness (QED) is 0.938. The van der Waals surface area contributed by atoms with Crippen LogP contribution < -0.4 is 10.1 Å². The molecule has 1 unspecified atom stereocenters. The monoisotopic (exact) mass is 287 g/mol. The van der Waals surface area contributed by atoms with E-state index in [1.165, 1.54) is 22.5 Å². The Labute approximate surface area is 122 Å². The summed E-state index contributed by atoms with van der Waals surface area (Å²) in [5.74, 6) is 1.01. The zero-order valence-electron chi connectivity index (χ0n) is 11.4. The molecule has 1 aliphatic heterocycles. The molecule has 1 aliphatic rings. The lowest BCUT2D eigenvalue weighted by Crippen LogP contribution is -2.33. The van der Waals surface area contributed by atoms with Gasteiger partial charge in [-0.1, -0.05) is 12.1 Å². The summed E-state index contributed by atoms with van der Waals surface area (Å²) in [7, 11) is 0. The molecule has 0 radical (unpaired) electrons. The zero-order chi connectivity index (χ0) is 13.9. The van der Waals surface area contributed by atoms with Crippen LogP contribution in [0.5, 0.6) is 5.75 Å². The number of ether oxygens (including phenoxy) is 1. The Balaban J connectivity index is 1.61. The lowest BCUT2D eigenvalue weighted by atomic mass is 10.0. The average molecular weight is 287 g/mol. The molecule has 2 aromatic rings. The molecule has 0 fully saturated rings. The largest absolute Gasteiger partial charge is 0.493 e. The number of amides is 1. The summed E-state index contributed by atoms with van der Waals surface area (Å²) in [5.41, 5.74) is 3.26. The third kappa shape index (κ3) is 2.85. The van der Waals surface area contributed by atoms with Crippen LogP contribution in [0.2, 0.25) is 0 Å². The van der Waals surface area contributed by atoms with E-state index >= 15 is 0 Å². The molecular weight excluding hydrogens is 270 g/mol. The third-order valence-electron chi connectivity index (χ3n) is 3.46. The van der Waals surface area contributed by atoms with Crippen LogP contribution in [0.3, 0.4) is 0 Å². The second-order valence-electron chi connectivity index (χ2n) is 5.13. The Hall–Kier alpha value is -1.81. The van der Waals surface area contributed by atoms with E-state index < -0.39 is 0 Å². The zero-order valence-corrected chi connectivity index (χ0v) is 12.2. The minimum Gasteiger partial charge on any atom is -0.493 e. The molecule has 4 heteroatoms. The van der Waals surface area contributed by atoms with Crippen molar-refractivity contribution in [2.24, 2.45) is 0 Å². The molecule has 2 heterocycles. The first kappa shape index (κ1) is 13.2. The maximum Gasteiger partial charge on any atom is 0.252 e. The highest BCUT2D eigenvalue weighted by Crippen LogP contribution is 2.26. The first-order valence-corrected chi connectivity index (χ1v) is 7.74. The smallest absolute Gasteiger partial charge is 0.252 e. The van der Waals surface area contributed by atoms with Crippen molar-refractivity contribution in [2.75, 3.05) is 6.61 Å². The topological polar surface area (TPSA) is 38.3 Å². The molecule has 3 rings (SSSR count). The number of rotatable bonds is 4. The molecule has 0 bridgehead atoms. The van der Waals surface area contributed by atoms with Gasteiger partial charge in [-0.05, 0) is 42.0 Å². The fourth-order valence-electron chi connectivity index (χ4n) is 2.47. The van der Waals surface area contributed by atoms with Crippen molar-refractivity contribution >= 4 is 17.2 Å². The molecule has 3 nitrogen and oxygen atoms in total. The van der Waals surface area contributed by atoms with Crippen molar-refractivity contribution in [2.45, 2.75) is 25.8 Å². The van der Waals surface area contributed by atoms with Gasteiger partial charge in [0.25, 0.3) is 5.91 Å². The number of thiophene rings is 1. The number of benzene rings is 1. The number of carbonyl (C=O) groups excluding carboxylic acids is 1. The van der Waals surface area contributed by atoms with Gasteiger partial charge in [-0.3, -0.25) is 4.79 Å². The van der Waals surface area contributed by atoms with Gasteiger partial charge < -0.3 is 10.1 Å². The maximum atomic E-state index is 12.0. The van der Waals surface area contributed by atoms with Crippen LogP contribution in [0.25, 0.3) is 0 Å². The van der Waals surface area contributed by atoms with E-state index in [0.717, 1.165) is 30.8 Å². The molecule has 1 N–H and O–H groups in total. The summed E-state index contributed by atoms with van der Waals surface area (Å²) in [4.78, 5) is 12.0. The number of hydrogen-bond donors (Lipinski definition) is 1. The van der Waals surface area contributed by atoms with Gasteiger partial charge in [0.2, 0.25) is 0 Å². The summed E-state index contributed by atoms with van der Waals surface area (Å²) in [5, 5.41) is 6.82. The molecule has 1 aromatic carbocycles. The van der Waals surface area contributed by atoms with Crippen LogP contribution in [0.4, 0.5) is 0 Å². The Morgan fingerprint density at radius 2 is 2.35 bits per heavy atom. The summed E-state index contributed by atoms with van der Waals surface area (Å²) >= 11 is 1.54. The number of fused-ring (bicyclic) bond motifs is 1. The lowest BCUT2D eigenvalue weighted by Gasteiger charge is -2.14. The van der Waals surface area contributed by atoms with E-state index in [9.17, 15) is 4.79 Å². The van der Waals surface area contributed by atoms with E-state index in [4.69, 9.17) is 4.74 Å². The highest BCUT2D eigenvalue weighted by molar-refractivity contribution is 7.08. The first-order valence-electron chi connectivity index (χ1n) is 6.80. The predicted molar refractivity (Wildman–Crippen MR) is 80.6 cm³/mol. The van der Waals surface area contributed by atoms with Gasteiger partial charge in [-0.2, -0.15) is 11.3 Å². The molecule has 0 saturated carbocycles. The van der Waals surface area contributed by atoms with Crippen molar-refractivity contribution in [1.82, 2.24) is 5.32 Å². The van der Waals surface area contributed by atoms with Crippen molar-refractivity contribution < 1.29 is 9.53 Å². The van der Waals surface area contributed by atoms with Gasteiger partial charge in [0.1, 0.15) is 5.75 Å². The summed E-state index contributed by atoms with van der Waals surface area (Å²) in [6.45, 7) is 2.82. The van der Waals surface area contributed by atoms with Gasteiger partial charge >= 0.3 is 0 Å². The molecule has 0 spiro atoms. The van der Waals surface area contributed by atoms with Crippen molar-refractivity contribution in [3.8, 4) is 5.75 Å². The molecule has 1 aromatic heterocycles. The molecule has 1 atom stereocenters. The fourth-order valence-corrected chi connectivity index (χ4v) is 3.11. The van der Waals surface area contributed by atoms with Gasteiger partial charge in [-0.15, -0.1) is 0 Å². The lowest BCUT2D eigenvalue weighted by molar-refractivity contribution is 0.0940. The van der Waals surface area contributed by atoms with Crippen molar-refractivity contribution in [1.29, 1.82) is 0 Å². The highest BCUT2D eigenvalue weighted by atomic mass is 32.1. The van der Waals surface area contributed by atoms with E-state index in [1.807, 2.05) is 29.8 Å².